The molecule has 0 bridgehead atoms. The Morgan fingerprint density at radius 3 is 2.19 bits per heavy atom. The molecule has 21 heavy (non-hydrogen) atoms. The molecule has 0 aromatic heterocycles. The number of methoxy groups -OCH3 is 1. The first-order valence-corrected chi connectivity index (χ1v) is 6.91. The summed E-state index contributed by atoms with van der Waals surface area (Å²) >= 11 is 0. The number of cyclic esters (lactones) is 1. The average Bonchev–Trinajstić information content (AvgIpc) is 2.95. The summed E-state index contributed by atoms with van der Waals surface area (Å²) in [5.41, 5.74) is 3.04. The highest BCUT2D eigenvalue weighted by molar-refractivity contribution is 5.85. The van der Waals surface area contributed by atoms with E-state index in [-0.39, 0.29) is 5.97 Å². The predicted octanol–water partition coefficient (Wildman–Crippen LogP) is 3.79. The van der Waals surface area contributed by atoms with Gasteiger partial charge in [-0.2, -0.15) is 0 Å². The molecule has 0 spiro atoms. The van der Waals surface area contributed by atoms with Crippen LogP contribution in [0.2, 0.25) is 0 Å². The van der Waals surface area contributed by atoms with Crippen LogP contribution in [-0.2, 0) is 9.53 Å². The number of ether oxygens (including phenoxy) is 2. The second kappa shape index (κ2) is 5.83. The van der Waals surface area contributed by atoms with Crippen LogP contribution in [0.3, 0.4) is 0 Å². The lowest BCUT2D eigenvalue weighted by atomic mass is 9.96. The molecule has 1 heterocycles. The van der Waals surface area contributed by atoms with Gasteiger partial charge in [0.2, 0.25) is 0 Å². The van der Waals surface area contributed by atoms with Crippen LogP contribution in [0, 0.1) is 0 Å². The summed E-state index contributed by atoms with van der Waals surface area (Å²) in [6, 6.07) is 17.8. The van der Waals surface area contributed by atoms with Gasteiger partial charge in [-0.05, 0) is 23.3 Å². The monoisotopic (exact) mass is 280 g/mol. The second-order valence-corrected chi connectivity index (χ2v) is 4.87. The Bertz CT molecular complexity index is 669. The van der Waals surface area contributed by atoms with Gasteiger partial charge in [0.1, 0.15) is 11.5 Å². The Morgan fingerprint density at radius 1 is 0.952 bits per heavy atom. The number of carbonyl (C=O) groups is 1. The molecule has 0 aliphatic carbocycles. The van der Waals surface area contributed by atoms with E-state index in [1.807, 2.05) is 54.6 Å². The van der Waals surface area contributed by atoms with Crippen LogP contribution in [0.1, 0.15) is 24.0 Å². The Hall–Kier alpha value is -2.55. The molecular formula is C18H16O3. The van der Waals surface area contributed by atoms with E-state index < -0.39 is 0 Å². The lowest BCUT2D eigenvalue weighted by Gasteiger charge is -2.12. The van der Waals surface area contributed by atoms with Gasteiger partial charge in [-0.1, -0.05) is 42.5 Å². The highest BCUT2D eigenvalue weighted by Crippen LogP contribution is 2.33. The molecular weight excluding hydrogens is 264 g/mol. The Kier molecular flexibility index (Phi) is 3.73. The first-order valence-electron chi connectivity index (χ1n) is 6.91. The zero-order valence-corrected chi connectivity index (χ0v) is 11.8. The molecule has 1 aliphatic rings. The molecule has 0 saturated carbocycles. The van der Waals surface area contributed by atoms with Crippen molar-refractivity contribution in [2.45, 2.75) is 12.8 Å². The van der Waals surface area contributed by atoms with Crippen molar-refractivity contribution in [1.82, 2.24) is 0 Å². The number of benzene rings is 2. The van der Waals surface area contributed by atoms with Crippen LogP contribution in [0.5, 0.6) is 5.75 Å². The van der Waals surface area contributed by atoms with Gasteiger partial charge in [-0.25, -0.2) is 0 Å². The van der Waals surface area contributed by atoms with Crippen LogP contribution in [-0.4, -0.2) is 13.1 Å². The standard InChI is InChI=1S/C18H16O3/c1-20-15-9-7-14(8-10-15)18(13-5-3-2-4-6-13)16-11-12-17(19)21-16/h2-10H,11-12H2,1H3/b18-16+. The van der Waals surface area contributed by atoms with Gasteiger partial charge in [0.15, 0.2) is 0 Å². The fourth-order valence-electron chi connectivity index (χ4n) is 2.48. The van der Waals surface area contributed by atoms with Crippen molar-refractivity contribution in [2.75, 3.05) is 7.11 Å². The minimum atomic E-state index is -0.160. The molecule has 2 aromatic rings. The fourth-order valence-corrected chi connectivity index (χ4v) is 2.48. The van der Waals surface area contributed by atoms with Crippen molar-refractivity contribution >= 4 is 11.5 Å². The van der Waals surface area contributed by atoms with Crippen LogP contribution in [0.4, 0.5) is 0 Å². The summed E-state index contributed by atoms with van der Waals surface area (Å²) in [5.74, 6) is 1.39. The summed E-state index contributed by atoms with van der Waals surface area (Å²) in [6.07, 6.45) is 1.09. The maximum Gasteiger partial charge on any atom is 0.311 e. The third-order valence-electron chi connectivity index (χ3n) is 3.51. The van der Waals surface area contributed by atoms with Crippen molar-refractivity contribution in [2.24, 2.45) is 0 Å². The zero-order valence-electron chi connectivity index (χ0n) is 11.8. The van der Waals surface area contributed by atoms with E-state index in [0.717, 1.165) is 28.2 Å². The van der Waals surface area contributed by atoms with Crippen molar-refractivity contribution in [1.29, 1.82) is 0 Å². The topological polar surface area (TPSA) is 35.5 Å². The number of carbonyl (C=O) groups excluding carboxylic acids is 1. The molecule has 3 heteroatoms. The minimum Gasteiger partial charge on any atom is -0.497 e. The third kappa shape index (κ3) is 2.82. The summed E-state index contributed by atoms with van der Waals surface area (Å²) in [5, 5.41) is 0. The van der Waals surface area contributed by atoms with E-state index in [1.54, 1.807) is 7.11 Å². The number of hydrogen-bond donors (Lipinski definition) is 0. The minimum absolute atomic E-state index is 0.160. The SMILES string of the molecule is COc1ccc(/C(=C2\CCC(=O)O2)c2ccccc2)cc1. The molecule has 0 amide bonds. The van der Waals surface area contributed by atoms with E-state index in [1.165, 1.54) is 0 Å². The summed E-state index contributed by atoms with van der Waals surface area (Å²) in [6.45, 7) is 0. The van der Waals surface area contributed by atoms with E-state index in [2.05, 4.69) is 0 Å². The maximum absolute atomic E-state index is 11.4. The Morgan fingerprint density at radius 2 is 1.62 bits per heavy atom. The van der Waals surface area contributed by atoms with Gasteiger partial charge >= 0.3 is 5.97 Å². The molecule has 3 nitrogen and oxygen atoms in total. The molecule has 1 fully saturated rings. The van der Waals surface area contributed by atoms with Gasteiger partial charge in [0.25, 0.3) is 0 Å². The number of allylic oxidation sites excluding steroid dienone is 1. The van der Waals surface area contributed by atoms with Crippen LogP contribution < -0.4 is 4.74 Å². The molecule has 0 atom stereocenters. The molecule has 2 aromatic carbocycles. The molecule has 1 saturated heterocycles. The molecule has 3 rings (SSSR count). The second-order valence-electron chi connectivity index (χ2n) is 4.87. The van der Waals surface area contributed by atoms with Gasteiger partial charge in [-0.3, -0.25) is 4.79 Å². The average molecular weight is 280 g/mol. The van der Waals surface area contributed by atoms with Crippen molar-refractivity contribution in [3.63, 3.8) is 0 Å². The third-order valence-corrected chi connectivity index (χ3v) is 3.51. The Labute approximate surface area is 123 Å². The van der Waals surface area contributed by atoms with Gasteiger partial charge in [-0.15, -0.1) is 0 Å². The van der Waals surface area contributed by atoms with E-state index in [9.17, 15) is 4.79 Å². The van der Waals surface area contributed by atoms with E-state index in [4.69, 9.17) is 9.47 Å². The molecule has 0 N–H and O–H groups in total. The van der Waals surface area contributed by atoms with Crippen molar-refractivity contribution in [3.8, 4) is 5.75 Å². The van der Waals surface area contributed by atoms with Crippen LogP contribution >= 0.6 is 0 Å². The first kappa shape index (κ1) is 13.4. The number of esters is 1. The van der Waals surface area contributed by atoms with Crippen molar-refractivity contribution in [3.05, 3.63) is 71.5 Å². The van der Waals surface area contributed by atoms with E-state index in [0.29, 0.717) is 12.8 Å². The van der Waals surface area contributed by atoms with E-state index >= 15 is 0 Å². The number of hydrogen-bond acceptors (Lipinski definition) is 3. The molecule has 106 valence electrons. The summed E-state index contributed by atoms with van der Waals surface area (Å²) in [7, 11) is 1.64. The smallest absolute Gasteiger partial charge is 0.311 e. The Balaban J connectivity index is 2.10. The van der Waals surface area contributed by atoms with Gasteiger partial charge in [0, 0.05) is 12.0 Å². The zero-order chi connectivity index (χ0) is 14.7. The molecule has 0 unspecified atom stereocenters. The predicted molar refractivity (Wildman–Crippen MR) is 80.8 cm³/mol. The lowest BCUT2D eigenvalue weighted by molar-refractivity contribution is -0.135. The number of rotatable bonds is 3. The van der Waals surface area contributed by atoms with Crippen LogP contribution in [0.25, 0.3) is 5.57 Å². The quantitative estimate of drug-likeness (QED) is 0.802. The summed E-state index contributed by atoms with van der Waals surface area (Å²) in [4.78, 5) is 11.4. The molecule has 0 radical (unpaired) electrons. The largest absolute Gasteiger partial charge is 0.497 e. The van der Waals surface area contributed by atoms with Crippen molar-refractivity contribution < 1.29 is 14.3 Å². The highest BCUT2D eigenvalue weighted by Gasteiger charge is 2.23. The first-order chi connectivity index (χ1) is 10.3. The fraction of sp³-hybridized carbons (Fsp3) is 0.167. The van der Waals surface area contributed by atoms with Gasteiger partial charge < -0.3 is 9.47 Å². The lowest BCUT2D eigenvalue weighted by Crippen LogP contribution is -1.96. The van der Waals surface area contributed by atoms with Crippen LogP contribution in [0.15, 0.2) is 60.4 Å². The normalized spacial score (nSPS) is 16.5. The molecule has 1 aliphatic heterocycles. The highest BCUT2D eigenvalue weighted by atomic mass is 16.5. The summed E-state index contributed by atoms with van der Waals surface area (Å²) < 4.78 is 10.6. The van der Waals surface area contributed by atoms with Gasteiger partial charge in [0.05, 0.1) is 13.5 Å². The maximum atomic E-state index is 11.4.